The van der Waals surface area contributed by atoms with Crippen LogP contribution < -0.4 is 10.1 Å². The Morgan fingerprint density at radius 2 is 2.20 bits per heavy atom. The first-order valence-electron chi connectivity index (χ1n) is 7.56. The van der Waals surface area contributed by atoms with Gasteiger partial charge in [-0.1, -0.05) is 6.07 Å². The van der Waals surface area contributed by atoms with Crippen LogP contribution in [0.1, 0.15) is 36.5 Å². The minimum Gasteiger partial charge on any atom is -0.494 e. The summed E-state index contributed by atoms with van der Waals surface area (Å²) in [5.41, 5.74) is 0.745. The lowest BCUT2D eigenvalue weighted by molar-refractivity contribution is 0.0680. The summed E-state index contributed by atoms with van der Waals surface area (Å²) in [6.45, 7) is 4.52. The molecule has 1 aromatic carbocycles. The van der Waals surface area contributed by atoms with Crippen molar-refractivity contribution in [3.63, 3.8) is 0 Å². The van der Waals surface area contributed by atoms with Crippen LogP contribution in [0.5, 0.6) is 5.75 Å². The Labute approximate surface area is 120 Å². The van der Waals surface area contributed by atoms with Gasteiger partial charge in [-0.15, -0.1) is 0 Å². The summed E-state index contributed by atoms with van der Waals surface area (Å²) in [6, 6.07) is 8.31. The monoisotopic (exact) mass is 274 g/mol. The number of carbonyl (C=O) groups excluding carboxylic acids is 1. The fourth-order valence-corrected chi connectivity index (χ4v) is 3.35. The molecule has 2 aliphatic rings. The topological polar surface area (TPSA) is 41.6 Å². The highest BCUT2D eigenvalue weighted by atomic mass is 16.5. The molecule has 4 nitrogen and oxygen atoms in total. The van der Waals surface area contributed by atoms with E-state index in [4.69, 9.17) is 4.74 Å². The van der Waals surface area contributed by atoms with Gasteiger partial charge in [-0.25, -0.2) is 0 Å². The number of benzene rings is 1. The normalized spacial score (nSPS) is 25.4. The Bertz CT molecular complexity index is 475. The molecule has 0 aliphatic carbocycles. The highest BCUT2D eigenvalue weighted by Crippen LogP contribution is 2.30. The van der Waals surface area contributed by atoms with Gasteiger partial charge in [0.2, 0.25) is 0 Å². The van der Waals surface area contributed by atoms with Crippen molar-refractivity contribution in [1.29, 1.82) is 0 Å². The molecule has 2 saturated heterocycles. The van der Waals surface area contributed by atoms with Crippen molar-refractivity contribution in [2.75, 3.05) is 19.7 Å². The Balaban J connectivity index is 1.82. The van der Waals surface area contributed by atoms with Crippen LogP contribution >= 0.6 is 0 Å². The number of hydrogen-bond acceptors (Lipinski definition) is 3. The van der Waals surface area contributed by atoms with Crippen molar-refractivity contribution in [2.24, 2.45) is 0 Å². The van der Waals surface area contributed by atoms with Crippen LogP contribution in [-0.4, -0.2) is 42.6 Å². The standard InChI is InChI=1S/C16H22N2O2/c1-2-20-15-5-3-4-12(10-15)16(19)18-13-6-7-14(18)11-17-9-8-13/h3-5,10,13-14,17H,2,6-9,11H2,1H3. The van der Waals surface area contributed by atoms with Crippen LogP contribution in [0.2, 0.25) is 0 Å². The van der Waals surface area contributed by atoms with E-state index in [2.05, 4.69) is 10.2 Å². The van der Waals surface area contributed by atoms with E-state index in [0.29, 0.717) is 18.7 Å². The summed E-state index contributed by atoms with van der Waals surface area (Å²) in [7, 11) is 0. The molecular weight excluding hydrogens is 252 g/mol. The maximum absolute atomic E-state index is 12.8. The summed E-state index contributed by atoms with van der Waals surface area (Å²) >= 11 is 0. The molecule has 0 saturated carbocycles. The van der Waals surface area contributed by atoms with Crippen molar-refractivity contribution in [1.82, 2.24) is 10.2 Å². The van der Waals surface area contributed by atoms with E-state index in [1.165, 1.54) is 0 Å². The third-order valence-electron chi connectivity index (χ3n) is 4.28. The lowest BCUT2D eigenvalue weighted by atomic mass is 10.1. The van der Waals surface area contributed by atoms with Gasteiger partial charge in [0, 0.05) is 24.2 Å². The molecule has 2 atom stereocenters. The maximum atomic E-state index is 12.8. The third kappa shape index (κ3) is 2.52. The molecule has 2 unspecified atom stereocenters. The first-order chi connectivity index (χ1) is 9.79. The summed E-state index contributed by atoms with van der Waals surface area (Å²) in [4.78, 5) is 14.9. The molecule has 1 amide bonds. The van der Waals surface area contributed by atoms with E-state index in [1.54, 1.807) is 0 Å². The smallest absolute Gasteiger partial charge is 0.254 e. The number of hydrogen-bond donors (Lipinski definition) is 1. The molecule has 0 radical (unpaired) electrons. The first-order valence-corrected chi connectivity index (χ1v) is 7.56. The molecule has 1 aromatic rings. The van der Waals surface area contributed by atoms with Gasteiger partial charge in [0.25, 0.3) is 5.91 Å². The number of amides is 1. The second-order valence-electron chi connectivity index (χ2n) is 5.55. The fourth-order valence-electron chi connectivity index (χ4n) is 3.35. The highest BCUT2D eigenvalue weighted by Gasteiger charge is 2.38. The zero-order valence-corrected chi connectivity index (χ0v) is 12.0. The molecular formula is C16H22N2O2. The third-order valence-corrected chi connectivity index (χ3v) is 4.28. The molecule has 2 aliphatic heterocycles. The van der Waals surface area contributed by atoms with Gasteiger partial charge >= 0.3 is 0 Å². The number of carbonyl (C=O) groups is 1. The van der Waals surface area contributed by atoms with E-state index in [1.807, 2.05) is 31.2 Å². The number of rotatable bonds is 3. The van der Waals surface area contributed by atoms with Crippen LogP contribution in [-0.2, 0) is 0 Å². The van der Waals surface area contributed by atoms with Crippen molar-refractivity contribution in [2.45, 2.75) is 38.3 Å². The molecule has 0 aromatic heterocycles. The average Bonchev–Trinajstić information content (AvgIpc) is 2.72. The van der Waals surface area contributed by atoms with E-state index >= 15 is 0 Å². The van der Waals surface area contributed by atoms with E-state index in [9.17, 15) is 4.79 Å². The van der Waals surface area contributed by atoms with Gasteiger partial charge in [-0.3, -0.25) is 4.79 Å². The van der Waals surface area contributed by atoms with Gasteiger partial charge in [0.05, 0.1) is 6.61 Å². The molecule has 0 spiro atoms. The van der Waals surface area contributed by atoms with E-state index in [0.717, 1.165) is 43.7 Å². The number of nitrogens with one attached hydrogen (secondary N) is 1. The van der Waals surface area contributed by atoms with Crippen LogP contribution in [0, 0.1) is 0 Å². The van der Waals surface area contributed by atoms with Gasteiger partial charge in [-0.05, 0) is 50.9 Å². The van der Waals surface area contributed by atoms with Crippen LogP contribution in [0.4, 0.5) is 0 Å². The Kier molecular flexibility index (Phi) is 3.92. The van der Waals surface area contributed by atoms with Gasteiger partial charge in [0.1, 0.15) is 5.75 Å². The summed E-state index contributed by atoms with van der Waals surface area (Å²) in [6.07, 6.45) is 3.32. The Morgan fingerprint density at radius 3 is 3.05 bits per heavy atom. The summed E-state index contributed by atoms with van der Waals surface area (Å²) in [5, 5.41) is 3.43. The zero-order valence-electron chi connectivity index (χ0n) is 12.0. The highest BCUT2D eigenvalue weighted by molar-refractivity contribution is 5.95. The van der Waals surface area contributed by atoms with Crippen molar-refractivity contribution in [3.8, 4) is 5.75 Å². The largest absolute Gasteiger partial charge is 0.494 e. The van der Waals surface area contributed by atoms with Gasteiger partial charge in [0.15, 0.2) is 0 Å². The van der Waals surface area contributed by atoms with Crippen LogP contribution in [0.15, 0.2) is 24.3 Å². The zero-order chi connectivity index (χ0) is 13.9. The molecule has 2 bridgehead atoms. The predicted octanol–water partition coefficient (Wildman–Crippen LogP) is 2.05. The average molecular weight is 274 g/mol. The fraction of sp³-hybridized carbons (Fsp3) is 0.562. The number of fused-ring (bicyclic) bond motifs is 2. The molecule has 3 rings (SSSR count). The van der Waals surface area contributed by atoms with Crippen LogP contribution in [0.3, 0.4) is 0 Å². The molecule has 20 heavy (non-hydrogen) atoms. The predicted molar refractivity (Wildman–Crippen MR) is 78.1 cm³/mol. The van der Waals surface area contributed by atoms with E-state index < -0.39 is 0 Å². The van der Waals surface area contributed by atoms with E-state index in [-0.39, 0.29) is 5.91 Å². The van der Waals surface area contributed by atoms with Gasteiger partial charge < -0.3 is 15.0 Å². The minimum absolute atomic E-state index is 0.155. The summed E-state index contributed by atoms with van der Waals surface area (Å²) < 4.78 is 5.49. The lowest BCUT2D eigenvalue weighted by Gasteiger charge is -2.28. The first kappa shape index (κ1) is 13.4. The molecule has 1 N–H and O–H groups in total. The van der Waals surface area contributed by atoms with Crippen molar-refractivity contribution in [3.05, 3.63) is 29.8 Å². The van der Waals surface area contributed by atoms with Crippen molar-refractivity contribution >= 4 is 5.91 Å². The van der Waals surface area contributed by atoms with Crippen LogP contribution in [0.25, 0.3) is 0 Å². The maximum Gasteiger partial charge on any atom is 0.254 e. The SMILES string of the molecule is CCOc1cccc(C(=O)N2C3CCNCC2CC3)c1. The second-order valence-corrected chi connectivity index (χ2v) is 5.55. The summed E-state index contributed by atoms with van der Waals surface area (Å²) in [5.74, 6) is 0.932. The lowest BCUT2D eigenvalue weighted by Crippen LogP contribution is -2.42. The molecule has 108 valence electrons. The number of nitrogens with zero attached hydrogens (tertiary/aromatic N) is 1. The Hall–Kier alpha value is -1.55. The molecule has 2 heterocycles. The van der Waals surface area contributed by atoms with Crippen molar-refractivity contribution < 1.29 is 9.53 Å². The Morgan fingerprint density at radius 1 is 1.35 bits per heavy atom. The quantitative estimate of drug-likeness (QED) is 0.917. The molecule has 2 fully saturated rings. The van der Waals surface area contributed by atoms with Gasteiger partial charge in [-0.2, -0.15) is 0 Å². The molecule has 4 heteroatoms. The minimum atomic E-state index is 0.155. The number of ether oxygens (including phenoxy) is 1. The second kappa shape index (κ2) is 5.83.